The normalized spacial score (nSPS) is 16.3. The molecule has 1 amide bonds. The first-order valence-electron chi connectivity index (χ1n) is 10.1. The summed E-state index contributed by atoms with van der Waals surface area (Å²) in [7, 11) is 3.20. The van der Waals surface area contributed by atoms with Gasteiger partial charge >= 0.3 is 0 Å². The summed E-state index contributed by atoms with van der Waals surface area (Å²) in [5.41, 5.74) is 1.61. The number of aromatic nitrogens is 2. The molecule has 1 atom stereocenters. The molecule has 0 spiro atoms. The summed E-state index contributed by atoms with van der Waals surface area (Å²) in [6.45, 7) is 0.670. The van der Waals surface area contributed by atoms with Crippen molar-refractivity contribution in [3.05, 3.63) is 71.6 Å². The molecule has 0 radical (unpaired) electrons. The smallest absolute Gasteiger partial charge is 0.256 e. The number of hydrogen-bond acceptors (Lipinski definition) is 6. The lowest BCUT2D eigenvalue weighted by molar-refractivity contribution is 0.0569. The zero-order chi connectivity index (χ0) is 20.9. The number of oxazole rings is 1. The van der Waals surface area contributed by atoms with E-state index in [-0.39, 0.29) is 11.9 Å². The number of nitrogens with zero attached hydrogens (tertiary/aromatic N) is 3. The molecule has 1 aromatic carbocycles. The van der Waals surface area contributed by atoms with Crippen LogP contribution < -0.4 is 9.47 Å². The van der Waals surface area contributed by atoms with Gasteiger partial charge in [0.25, 0.3) is 5.91 Å². The van der Waals surface area contributed by atoms with E-state index in [4.69, 9.17) is 13.9 Å². The minimum atomic E-state index is -0.174. The molecule has 3 heterocycles. The number of rotatable bonds is 6. The Morgan fingerprint density at radius 3 is 2.80 bits per heavy atom. The summed E-state index contributed by atoms with van der Waals surface area (Å²) < 4.78 is 16.4. The van der Waals surface area contributed by atoms with Gasteiger partial charge in [-0.25, -0.2) is 9.97 Å². The molecule has 0 bridgehead atoms. The van der Waals surface area contributed by atoms with Crippen LogP contribution in [0.3, 0.4) is 0 Å². The SMILES string of the molecule is COc1cccc(Cc2cnc(C3CCCCN3C(=O)c3ccc(OC)nc3)o2)c1. The van der Waals surface area contributed by atoms with Crippen LogP contribution in [-0.4, -0.2) is 41.5 Å². The Balaban J connectivity index is 1.52. The molecular formula is C23H25N3O4. The molecule has 0 aliphatic carbocycles. The minimum Gasteiger partial charge on any atom is -0.497 e. The Kier molecular flexibility index (Phi) is 5.97. The largest absolute Gasteiger partial charge is 0.497 e. The highest BCUT2D eigenvalue weighted by atomic mass is 16.5. The van der Waals surface area contributed by atoms with Crippen LogP contribution in [0.1, 0.15) is 52.9 Å². The number of piperidine rings is 1. The summed E-state index contributed by atoms with van der Waals surface area (Å²) in [4.78, 5) is 23.6. The van der Waals surface area contributed by atoms with Gasteiger partial charge in [-0.3, -0.25) is 4.79 Å². The van der Waals surface area contributed by atoms with Crippen LogP contribution in [0.25, 0.3) is 0 Å². The summed E-state index contributed by atoms with van der Waals surface area (Å²) in [5.74, 6) is 2.58. The summed E-state index contributed by atoms with van der Waals surface area (Å²) in [6.07, 6.45) is 6.74. The maximum absolute atomic E-state index is 13.1. The zero-order valence-electron chi connectivity index (χ0n) is 17.2. The van der Waals surface area contributed by atoms with Crippen molar-refractivity contribution in [1.82, 2.24) is 14.9 Å². The fourth-order valence-corrected chi connectivity index (χ4v) is 3.77. The number of likely N-dealkylation sites (tertiary alicyclic amines) is 1. The molecule has 156 valence electrons. The summed E-state index contributed by atoms with van der Waals surface area (Å²) in [6, 6.07) is 11.1. The molecule has 7 heteroatoms. The van der Waals surface area contributed by atoms with Crippen LogP contribution in [0.2, 0.25) is 0 Å². The van der Waals surface area contributed by atoms with Crippen molar-refractivity contribution >= 4 is 5.91 Å². The first kappa shape index (κ1) is 19.9. The van der Waals surface area contributed by atoms with E-state index in [0.717, 1.165) is 36.3 Å². The predicted molar refractivity (Wildman–Crippen MR) is 111 cm³/mol. The molecular weight excluding hydrogens is 382 g/mol. The summed E-state index contributed by atoms with van der Waals surface area (Å²) in [5, 5.41) is 0. The van der Waals surface area contributed by atoms with Crippen molar-refractivity contribution < 1.29 is 18.7 Å². The molecule has 1 saturated heterocycles. The summed E-state index contributed by atoms with van der Waals surface area (Å²) >= 11 is 0. The van der Waals surface area contributed by atoms with Crippen molar-refractivity contribution in [1.29, 1.82) is 0 Å². The van der Waals surface area contributed by atoms with E-state index < -0.39 is 0 Å². The number of carbonyl (C=O) groups excluding carboxylic acids is 1. The van der Waals surface area contributed by atoms with E-state index in [9.17, 15) is 4.79 Å². The molecule has 1 fully saturated rings. The molecule has 1 unspecified atom stereocenters. The van der Waals surface area contributed by atoms with Gasteiger partial charge in [-0.05, 0) is 43.0 Å². The molecule has 0 N–H and O–H groups in total. The fraction of sp³-hybridized carbons (Fsp3) is 0.348. The highest BCUT2D eigenvalue weighted by Crippen LogP contribution is 2.32. The van der Waals surface area contributed by atoms with E-state index in [2.05, 4.69) is 9.97 Å². The number of ether oxygens (including phenoxy) is 2. The first-order valence-corrected chi connectivity index (χ1v) is 10.1. The molecule has 0 saturated carbocycles. The van der Waals surface area contributed by atoms with Crippen LogP contribution >= 0.6 is 0 Å². The molecule has 7 nitrogen and oxygen atoms in total. The van der Waals surface area contributed by atoms with Crippen molar-refractivity contribution in [2.75, 3.05) is 20.8 Å². The fourth-order valence-electron chi connectivity index (χ4n) is 3.77. The lowest BCUT2D eigenvalue weighted by Gasteiger charge is -2.33. The van der Waals surface area contributed by atoms with Gasteiger partial charge in [0.1, 0.15) is 17.6 Å². The molecule has 4 rings (SSSR count). The van der Waals surface area contributed by atoms with Crippen LogP contribution in [0.4, 0.5) is 0 Å². The van der Waals surface area contributed by atoms with Gasteiger partial charge < -0.3 is 18.8 Å². The van der Waals surface area contributed by atoms with Crippen LogP contribution in [0.15, 0.2) is 53.2 Å². The minimum absolute atomic E-state index is 0.0672. The highest BCUT2D eigenvalue weighted by Gasteiger charge is 2.32. The van der Waals surface area contributed by atoms with Crippen LogP contribution in [-0.2, 0) is 6.42 Å². The van der Waals surface area contributed by atoms with Crippen molar-refractivity contribution in [2.45, 2.75) is 31.7 Å². The van der Waals surface area contributed by atoms with E-state index in [1.54, 1.807) is 38.7 Å². The van der Waals surface area contributed by atoms with Crippen molar-refractivity contribution in [3.63, 3.8) is 0 Å². The van der Waals surface area contributed by atoms with Gasteiger partial charge in [-0.15, -0.1) is 0 Å². The zero-order valence-corrected chi connectivity index (χ0v) is 17.2. The third-order valence-electron chi connectivity index (χ3n) is 5.33. The lowest BCUT2D eigenvalue weighted by atomic mass is 10.0. The molecule has 1 aliphatic rings. The Labute approximate surface area is 175 Å². The second kappa shape index (κ2) is 8.98. The van der Waals surface area contributed by atoms with E-state index in [0.29, 0.717) is 30.3 Å². The average Bonchev–Trinajstić information content (AvgIpc) is 3.27. The molecule has 2 aromatic heterocycles. The Hall–Kier alpha value is -3.35. The van der Waals surface area contributed by atoms with Crippen molar-refractivity contribution in [2.24, 2.45) is 0 Å². The topological polar surface area (TPSA) is 77.7 Å². The van der Waals surface area contributed by atoms with E-state index in [1.807, 2.05) is 29.2 Å². The lowest BCUT2D eigenvalue weighted by Crippen LogP contribution is -2.38. The third-order valence-corrected chi connectivity index (χ3v) is 5.33. The monoisotopic (exact) mass is 407 g/mol. The number of carbonyl (C=O) groups is 1. The Morgan fingerprint density at radius 2 is 2.03 bits per heavy atom. The highest BCUT2D eigenvalue weighted by molar-refractivity contribution is 5.94. The third kappa shape index (κ3) is 4.30. The van der Waals surface area contributed by atoms with Gasteiger partial charge in [-0.1, -0.05) is 12.1 Å². The van der Waals surface area contributed by atoms with Gasteiger partial charge in [0.15, 0.2) is 0 Å². The predicted octanol–water partition coefficient (Wildman–Crippen LogP) is 4.05. The number of benzene rings is 1. The quantitative estimate of drug-likeness (QED) is 0.614. The maximum atomic E-state index is 13.1. The van der Waals surface area contributed by atoms with Crippen molar-refractivity contribution in [3.8, 4) is 11.6 Å². The Bertz CT molecular complexity index is 1000. The number of pyridine rings is 1. The molecule has 3 aromatic rings. The van der Waals surface area contributed by atoms with Gasteiger partial charge in [0.2, 0.25) is 11.8 Å². The van der Waals surface area contributed by atoms with Gasteiger partial charge in [0, 0.05) is 25.2 Å². The second-order valence-electron chi connectivity index (χ2n) is 7.29. The van der Waals surface area contributed by atoms with E-state index >= 15 is 0 Å². The van der Waals surface area contributed by atoms with Gasteiger partial charge in [0.05, 0.1) is 26.0 Å². The maximum Gasteiger partial charge on any atom is 0.256 e. The molecule has 30 heavy (non-hydrogen) atoms. The number of amides is 1. The van der Waals surface area contributed by atoms with Crippen LogP contribution in [0.5, 0.6) is 11.6 Å². The Morgan fingerprint density at radius 1 is 1.13 bits per heavy atom. The van der Waals surface area contributed by atoms with Gasteiger partial charge in [-0.2, -0.15) is 0 Å². The molecule has 1 aliphatic heterocycles. The first-order chi connectivity index (χ1) is 14.7. The standard InChI is InChI=1S/C23H25N3O4/c1-28-18-7-5-6-16(12-18)13-19-15-25-22(30-19)20-8-3-4-11-26(20)23(27)17-9-10-21(29-2)24-14-17/h5-7,9-10,12,14-15,20H,3-4,8,11,13H2,1-2H3. The second-order valence-corrected chi connectivity index (χ2v) is 7.29. The van der Waals surface area contributed by atoms with E-state index in [1.165, 1.54) is 0 Å². The number of methoxy groups -OCH3 is 2. The average molecular weight is 407 g/mol. The number of hydrogen-bond donors (Lipinski definition) is 0. The van der Waals surface area contributed by atoms with Crippen LogP contribution in [0, 0.1) is 0 Å².